The van der Waals surface area contributed by atoms with E-state index in [0.29, 0.717) is 11.6 Å². The summed E-state index contributed by atoms with van der Waals surface area (Å²) in [6.45, 7) is -0.101. The van der Waals surface area contributed by atoms with Crippen LogP contribution in [-0.4, -0.2) is 45.2 Å². The molecule has 0 amide bonds. The Kier molecular flexibility index (Phi) is 7.97. The Bertz CT molecular complexity index is 1660. The van der Waals surface area contributed by atoms with Crippen LogP contribution in [0.4, 0.5) is 37.7 Å². The van der Waals surface area contributed by atoms with Crippen molar-refractivity contribution in [2.75, 3.05) is 28.8 Å². The minimum Gasteiger partial charge on any atom is -0.486 e. The first-order valence-corrected chi connectivity index (χ1v) is 14.7. The predicted octanol–water partition coefficient (Wildman–Crippen LogP) is 6.80. The lowest BCUT2D eigenvalue weighted by atomic mass is 9.89. The van der Waals surface area contributed by atoms with Crippen molar-refractivity contribution in [2.24, 2.45) is 0 Å². The van der Waals surface area contributed by atoms with Crippen molar-refractivity contribution in [3.8, 4) is 5.75 Å². The molecule has 3 aromatic rings. The first-order valence-electron chi connectivity index (χ1n) is 12.9. The molecule has 0 spiro atoms. The van der Waals surface area contributed by atoms with Gasteiger partial charge in [-0.1, -0.05) is 29.8 Å². The second-order valence-corrected chi connectivity index (χ2v) is 12.5. The highest BCUT2D eigenvalue weighted by atomic mass is 35.5. The van der Waals surface area contributed by atoms with Crippen LogP contribution < -0.4 is 13.9 Å². The van der Waals surface area contributed by atoms with E-state index in [1.165, 1.54) is 29.2 Å². The topological polar surface area (TPSA) is 87.2 Å². The normalized spacial score (nSPS) is 17.7. The van der Waals surface area contributed by atoms with E-state index in [4.69, 9.17) is 21.4 Å². The fourth-order valence-electron chi connectivity index (χ4n) is 5.14. The van der Waals surface area contributed by atoms with Crippen LogP contribution in [0.25, 0.3) is 0 Å². The SMILES string of the molecule is O=C(O)CCC1CN(S(=O)(=O)c2cccc(C(F)(F)F)c2)c2cc(C3CN(c4c(Cl)cccc4C(F)(F)F)C3)ccc2O1. The number of rotatable bonds is 7. The molecule has 2 aliphatic heterocycles. The maximum atomic E-state index is 13.7. The molecule has 2 heterocycles. The molecule has 2 aliphatic rings. The minimum atomic E-state index is -4.80. The fraction of sp³-hybridized carbons (Fsp3) is 0.321. The molecule has 230 valence electrons. The number of benzene rings is 3. The van der Waals surface area contributed by atoms with Crippen molar-refractivity contribution in [2.45, 2.75) is 42.1 Å². The minimum absolute atomic E-state index is 0.0219. The lowest BCUT2D eigenvalue weighted by molar-refractivity contribution is -0.138. The van der Waals surface area contributed by atoms with Gasteiger partial charge in [0.05, 0.1) is 39.0 Å². The van der Waals surface area contributed by atoms with Crippen LogP contribution in [0.15, 0.2) is 65.6 Å². The van der Waals surface area contributed by atoms with Gasteiger partial charge in [0, 0.05) is 25.4 Å². The number of carboxylic acid groups (broad SMARTS) is 1. The molecule has 0 aliphatic carbocycles. The molecule has 15 heteroatoms. The number of sulfonamides is 1. The number of hydrogen-bond acceptors (Lipinski definition) is 5. The maximum absolute atomic E-state index is 13.7. The molecule has 43 heavy (non-hydrogen) atoms. The standard InChI is InChI=1S/C28H23ClF6N2O5S/c29-22-6-2-5-21(28(33,34)35)26(22)36-13-17(14-36)16-7-9-24-23(11-16)37(15-19(42-24)8-10-25(38)39)43(40,41)20-4-1-3-18(12-20)27(30,31)32/h1-7,9,11-12,17,19H,8,10,13-15H2,(H,38,39). The molecular formula is C28H23ClF6N2O5S. The molecular weight excluding hydrogens is 626 g/mol. The second kappa shape index (κ2) is 11.1. The molecule has 1 saturated heterocycles. The smallest absolute Gasteiger partial charge is 0.418 e. The summed E-state index contributed by atoms with van der Waals surface area (Å²) in [6, 6.07) is 11.3. The van der Waals surface area contributed by atoms with Crippen molar-refractivity contribution in [1.82, 2.24) is 0 Å². The molecule has 7 nitrogen and oxygen atoms in total. The Morgan fingerprint density at radius 3 is 2.30 bits per heavy atom. The molecule has 0 radical (unpaired) electrons. The lowest BCUT2D eigenvalue weighted by Crippen LogP contribution is -2.46. The van der Waals surface area contributed by atoms with E-state index in [2.05, 4.69) is 0 Å². The largest absolute Gasteiger partial charge is 0.486 e. The highest BCUT2D eigenvalue weighted by Crippen LogP contribution is 2.46. The Hall–Kier alpha value is -3.65. The van der Waals surface area contributed by atoms with E-state index in [0.717, 1.165) is 28.6 Å². The summed E-state index contributed by atoms with van der Waals surface area (Å²) in [4.78, 5) is 12.0. The van der Waals surface area contributed by atoms with Gasteiger partial charge in [-0.05, 0) is 54.4 Å². The Labute approximate surface area is 247 Å². The zero-order valence-corrected chi connectivity index (χ0v) is 23.6. The number of ether oxygens (including phenoxy) is 1. The van der Waals surface area contributed by atoms with Crippen molar-refractivity contribution in [3.63, 3.8) is 0 Å². The predicted molar refractivity (Wildman–Crippen MR) is 145 cm³/mol. The average molecular weight is 649 g/mol. The molecule has 3 aromatic carbocycles. The van der Waals surface area contributed by atoms with Crippen LogP contribution in [0, 0.1) is 0 Å². The summed E-state index contributed by atoms with van der Waals surface area (Å²) in [5.41, 5.74) is -1.63. The van der Waals surface area contributed by atoms with Crippen molar-refractivity contribution in [3.05, 3.63) is 82.4 Å². The monoisotopic (exact) mass is 648 g/mol. The van der Waals surface area contributed by atoms with Gasteiger partial charge in [-0.25, -0.2) is 8.42 Å². The van der Waals surface area contributed by atoms with Gasteiger partial charge in [-0.15, -0.1) is 0 Å². The van der Waals surface area contributed by atoms with Crippen LogP contribution in [0.3, 0.4) is 0 Å². The zero-order valence-electron chi connectivity index (χ0n) is 22.0. The molecule has 1 N–H and O–H groups in total. The maximum Gasteiger partial charge on any atom is 0.418 e. The Balaban J connectivity index is 1.48. The number of alkyl halides is 6. The van der Waals surface area contributed by atoms with Gasteiger partial charge in [0.25, 0.3) is 10.0 Å². The number of nitrogens with zero attached hydrogens (tertiary/aromatic N) is 2. The second-order valence-electron chi connectivity index (χ2n) is 10.2. The first kappa shape index (κ1) is 30.8. The third kappa shape index (κ3) is 6.21. The number of hydrogen-bond donors (Lipinski definition) is 1. The van der Waals surface area contributed by atoms with Gasteiger partial charge in [-0.2, -0.15) is 26.3 Å². The van der Waals surface area contributed by atoms with Crippen LogP contribution in [0.1, 0.15) is 35.4 Å². The highest BCUT2D eigenvalue weighted by Gasteiger charge is 2.41. The number of carbonyl (C=O) groups is 1. The molecule has 1 unspecified atom stereocenters. The van der Waals surface area contributed by atoms with E-state index in [9.17, 15) is 39.6 Å². The van der Waals surface area contributed by atoms with E-state index in [1.807, 2.05) is 0 Å². The Morgan fingerprint density at radius 1 is 0.953 bits per heavy atom. The number of halogens is 7. The lowest BCUT2D eigenvalue weighted by Gasteiger charge is -2.43. The summed E-state index contributed by atoms with van der Waals surface area (Å²) in [5.74, 6) is -1.40. The summed E-state index contributed by atoms with van der Waals surface area (Å²) >= 11 is 6.12. The fourth-order valence-corrected chi connectivity index (χ4v) is 6.98. The van der Waals surface area contributed by atoms with Gasteiger partial charge in [-0.3, -0.25) is 9.10 Å². The van der Waals surface area contributed by atoms with E-state index in [1.54, 1.807) is 6.07 Å². The number of fused-ring (bicyclic) bond motifs is 1. The van der Waals surface area contributed by atoms with Crippen molar-refractivity contribution >= 4 is 39.0 Å². The van der Waals surface area contributed by atoms with Gasteiger partial charge < -0.3 is 14.7 Å². The number of anilines is 2. The van der Waals surface area contributed by atoms with Gasteiger partial charge in [0.15, 0.2) is 0 Å². The zero-order chi connectivity index (χ0) is 31.3. The average Bonchev–Trinajstić information content (AvgIpc) is 2.90. The summed E-state index contributed by atoms with van der Waals surface area (Å²) < 4.78 is 115. The summed E-state index contributed by atoms with van der Waals surface area (Å²) in [5, 5.41) is 9.02. The van der Waals surface area contributed by atoms with Crippen LogP contribution in [0.2, 0.25) is 5.02 Å². The quantitative estimate of drug-likeness (QED) is 0.284. The van der Waals surface area contributed by atoms with Gasteiger partial charge >= 0.3 is 18.3 Å². The molecule has 1 fully saturated rings. The van der Waals surface area contributed by atoms with E-state index in [-0.39, 0.29) is 60.5 Å². The van der Waals surface area contributed by atoms with Crippen LogP contribution in [-0.2, 0) is 27.2 Å². The number of para-hydroxylation sites is 1. The van der Waals surface area contributed by atoms with Gasteiger partial charge in [0.2, 0.25) is 0 Å². The molecule has 5 rings (SSSR count). The van der Waals surface area contributed by atoms with Crippen molar-refractivity contribution in [1.29, 1.82) is 0 Å². The summed E-state index contributed by atoms with van der Waals surface area (Å²) in [7, 11) is -4.59. The van der Waals surface area contributed by atoms with Crippen LogP contribution >= 0.6 is 11.6 Å². The molecule has 0 aromatic heterocycles. The van der Waals surface area contributed by atoms with Crippen molar-refractivity contribution < 1.29 is 49.4 Å². The summed E-state index contributed by atoms with van der Waals surface area (Å²) in [6.07, 6.45) is -10.7. The van der Waals surface area contributed by atoms with E-state index >= 15 is 0 Å². The Morgan fingerprint density at radius 2 is 1.65 bits per heavy atom. The third-order valence-corrected chi connectivity index (χ3v) is 9.39. The van der Waals surface area contributed by atoms with Crippen LogP contribution in [0.5, 0.6) is 5.75 Å². The third-order valence-electron chi connectivity index (χ3n) is 7.31. The molecule has 0 bridgehead atoms. The number of aliphatic carboxylic acids is 1. The first-order chi connectivity index (χ1) is 20.1. The molecule has 0 saturated carbocycles. The van der Waals surface area contributed by atoms with E-state index < -0.39 is 50.5 Å². The number of carboxylic acids is 1. The molecule has 1 atom stereocenters. The van der Waals surface area contributed by atoms with Gasteiger partial charge in [0.1, 0.15) is 11.9 Å². The highest BCUT2D eigenvalue weighted by molar-refractivity contribution is 7.92.